The Morgan fingerprint density at radius 1 is 1.12 bits per heavy atom. The van der Waals surface area contributed by atoms with Crippen LogP contribution in [0.15, 0.2) is 53.6 Å². The van der Waals surface area contributed by atoms with Gasteiger partial charge in [-0.1, -0.05) is 0 Å². The van der Waals surface area contributed by atoms with Crippen molar-refractivity contribution in [3.05, 3.63) is 54.1 Å². The molecule has 6 nitrogen and oxygen atoms in total. The third-order valence-electron chi connectivity index (χ3n) is 2.99. The van der Waals surface area contributed by atoms with Crippen molar-refractivity contribution in [2.75, 3.05) is 18.5 Å². The molecule has 0 aliphatic heterocycles. The van der Waals surface area contributed by atoms with E-state index in [1.807, 2.05) is 49.4 Å². The number of benzene rings is 2. The first-order chi connectivity index (χ1) is 12.2. The van der Waals surface area contributed by atoms with E-state index < -0.39 is 0 Å². The minimum Gasteiger partial charge on any atom is -0.494 e. The molecule has 0 aliphatic carbocycles. The molecule has 0 atom stereocenters. The first kappa shape index (κ1) is 18.2. The monoisotopic (exact) mass is 354 g/mol. The number of nitriles is 1. The van der Waals surface area contributed by atoms with Gasteiger partial charge in [0.1, 0.15) is 17.6 Å². The number of ether oxygens (including phenoxy) is 2. The van der Waals surface area contributed by atoms with Gasteiger partial charge in [0.05, 0.1) is 12.8 Å². The van der Waals surface area contributed by atoms with Crippen LogP contribution in [0, 0.1) is 11.3 Å². The largest absolute Gasteiger partial charge is 0.494 e. The number of hydrogen-bond donors (Lipinski definition) is 2. The van der Waals surface area contributed by atoms with E-state index in [1.165, 1.54) is 0 Å². The van der Waals surface area contributed by atoms with Gasteiger partial charge in [0.15, 0.2) is 11.7 Å². The van der Waals surface area contributed by atoms with Crippen molar-refractivity contribution in [2.45, 2.75) is 6.92 Å². The van der Waals surface area contributed by atoms with Crippen LogP contribution < -0.4 is 20.2 Å². The van der Waals surface area contributed by atoms with Crippen LogP contribution in [0.2, 0.25) is 0 Å². The minimum atomic E-state index is 0.0283. The first-order valence-electron chi connectivity index (χ1n) is 7.64. The second kappa shape index (κ2) is 9.90. The molecule has 0 fully saturated rings. The predicted molar refractivity (Wildman–Crippen MR) is 102 cm³/mol. The summed E-state index contributed by atoms with van der Waals surface area (Å²) in [6.45, 7) is 2.60. The van der Waals surface area contributed by atoms with Crippen LogP contribution in [0.5, 0.6) is 11.5 Å². The topological polar surface area (TPSA) is 78.7 Å². The standard InChI is InChI=1S/C18H18N4O2S/c1-2-23-16-9-5-15(6-10-16)21-18(25)22-20-13-14-3-7-17(8-4-14)24-12-11-19/h3-10,13H,2,12H2,1H3,(H2,21,22,25)/b20-13-. The Hall–Kier alpha value is -3.11. The van der Waals surface area contributed by atoms with Crippen molar-refractivity contribution in [2.24, 2.45) is 5.10 Å². The van der Waals surface area contributed by atoms with Gasteiger partial charge in [0.25, 0.3) is 0 Å². The van der Waals surface area contributed by atoms with Gasteiger partial charge in [-0.2, -0.15) is 10.4 Å². The lowest BCUT2D eigenvalue weighted by atomic mass is 10.2. The average Bonchev–Trinajstić information content (AvgIpc) is 2.63. The summed E-state index contributed by atoms with van der Waals surface area (Å²) in [5, 5.41) is 16.0. The van der Waals surface area contributed by atoms with Crippen LogP contribution in [0.3, 0.4) is 0 Å². The SMILES string of the molecule is CCOc1ccc(NC(=S)N/N=C\c2ccc(OCC#N)cc2)cc1. The van der Waals surface area contributed by atoms with Gasteiger partial charge in [-0.3, -0.25) is 5.43 Å². The van der Waals surface area contributed by atoms with E-state index in [9.17, 15) is 0 Å². The minimum absolute atomic E-state index is 0.0283. The van der Waals surface area contributed by atoms with E-state index in [4.69, 9.17) is 27.0 Å². The van der Waals surface area contributed by atoms with Crippen molar-refractivity contribution in [1.29, 1.82) is 5.26 Å². The molecule has 0 saturated heterocycles. The van der Waals surface area contributed by atoms with Crippen molar-refractivity contribution >= 4 is 29.2 Å². The molecule has 0 bridgehead atoms. The maximum Gasteiger partial charge on any atom is 0.191 e. The Morgan fingerprint density at radius 2 is 1.76 bits per heavy atom. The second-order valence-electron chi connectivity index (χ2n) is 4.80. The van der Waals surface area contributed by atoms with Gasteiger partial charge in [-0.25, -0.2) is 0 Å². The fourth-order valence-electron chi connectivity index (χ4n) is 1.89. The zero-order chi connectivity index (χ0) is 17.9. The van der Waals surface area contributed by atoms with E-state index in [-0.39, 0.29) is 6.61 Å². The lowest BCUT2D eigenvalue weighted by Crippen LogP contribution is -2.23. The van der Waals surface area contributed by atoms with E-state index in [1.54, 1.807) is 18.3 Å². The molecule has 7 heteroatoms. The van der Waals surface area contributed by atoms with Crippen LogP contribution in [0.4, 0.5) is 5.69 Å². The molecule has 2 N–H and O–H groups in total. The number of nitrogens with one attached hydrogen (secondary N) is 2. The van der Waals surface area contributed by atoms with E-state index >= 15 is 0 Å². The van der Waals surface area contributed by atoms with Gasteiger partial charge in [-0.15, -0.1) is 0 Å². The number of anilines is 1. The summed E-state index contributed by atoms with van der Waals surface area (Å²) in [7, 11) is 0. The average molecular weight is 354 g/mol. The summed E-state index contributed by atoms with van der Waals surface area (Å²) in [4.78, 5) is 0. The third kappa shape index (κ3) is 6.49. The van der Waals surface area contributed by atoms with E-state index in [0.29, 0.717) is 17.5 Å². The van der Waals surface area contributed by atoms with Crippen molar-refractivity contribution in [1.82, 2.24) is 5.43 Å². The van der Waals surface area contributed by atoms with Crippen LogP contribution in [0.25, 0.3) is 0 Å². The van der Waals surface area contributed by atoms with Gasteiger partial charge in [-0.05, 0) is 73.2 Å². The quantitative estimate of drug-likeness (QED) is 0.451. The number of hydrogen-bond acceptors (Lipinski definition) is 5. The summed E-state index contributed by atoms with van der Waals surface area (Å²) < 4.78 is 10.6. The molecule has 0 aromatic heterocycles. The predicted octanol–water partition coefficient (Wildman–Crippen LogP) is 3.31. The molecule has 0 amide bonds. The Morgan fingerprint density at radius 3 is 2.40 bits per heavy atom. The number of hydrazone groups is 1. The van der Waals surface area contributed by atoms with Gasteiger partial charge < -0.3 is 14.8 Å². The Balaban J connectivity index is 1.80. The molecule has 0 spiro atoms. The molecule has 0 aliphatic rings. The molecule has 0 radical (unpaired) electrons. The summed E-state index contributed by atoms with van der Waals surface area (Å²) in [5.74, 6) is 1.45. The lowest BCUT2D eigenvalue weighted by Gasteiger charge is -2.08. The Bertz CT molecular complexity index is 752. The molecule has 0 heterocycles. The molecular weight excluding hydrogens is 336 g/mol. The Labute approximate surface area is 152 Å². The third-order valence-corrected chi connectivity index (χ3v) is 3.18. The molecule has 2 rings (SSSR count). The van der Waals surface area contributed by atoms with Crippen LogP contribution in [-0.4, -0.2) is 24.5 Å². The molecule has 0 saturated carbocycles. The van der Waals surface area contributed by atoms with E-state index in [0.717, 1.165) is 17.0 Å². The van der Waals surface area contributed by atoms with Crippen molar-refractivity contribution in [3.8, 4) is 17.6 Å². The Kier molecular flexibility index (Phi) is 7.22. The smallest absolute Gasteiger partial charge is 0.191 e. The zero-order valence-corrected chi connectivity index (χ0v) is 14.5. The summed E-state index contributed by atoms with van der Waals surface area (Å²) in [6, 6.07) is 16.6. The highest BCUT2D eigenvalue weighted by atomic mass is 32.1. The highest BCUT2D eigenvalue weighted by Gasteiger charge is 1.98. The normalized spacial score (nSPS) is 10.1. The van der Waals surface area contributed by atoms with Gasteiger partial charge in [0, 0.05) is 5.69 Å². The summed E-state index contributed by atoms with van der Waals surface area (Å²) in [5.41, 5.74) is 4.47. The van der Waals surface area contributed by atoms with E-state index in [2.05, 4.69) is 15.8 Å². The number of thiocarbonyl (C=S) groups is 1. The fraction of sp³-hybridized carbons (Fsp3) is 0.167. The summed E-state index contributed by atoms with van der Waals surface area (Å²) in [6.07, 6.45) is 1.64. The lowest BCUT2D eigenvalue weighted by molar-refractivity contribution is 0.340. The highest BCUT2D eigenvalue weighted by Crippen LogP contribution is 2.15. The molecule has 0 unspecified atom stereocenters. The summed E-state index contributed by atoms with van der Waals surface area (Å²) >= 11 is 5.19. The second-order valence-corrected chi connectivity index (χ2v) is 5.21. The van der Waals surface area contributed by atoms with Gasteiger partial charge >= 0.3 is 0 Å². The highest BCUT2D eigenvalue weighted by molar-refractivity contribution is 7.80. The van der Waals surface area contributed by atoms with Crippen LogP contribution in [-0.2, 0) is 0 Å². The molecule has 128 valence electrons. The zero-order valence-electron chi connectivity index (χ0n) is 13.7. The van der Waals surface area contributed by atoms with Crippen LogP contribution in [0.1, 0.15) is 12.5 Å². The van der Waals surface area contributed by atoms with Crippen molar-refractivity contribution in [3.63, 3.8) is 0 Å². The fourth-order valence-corrected chi connectivity index (χ4v) is 2.06. The maximum atomic E-state index is 8.46. The maximum absolute atomic E-state index is 8.46. The molecule has 25 heavy (non-hydrogen) atoms. The molecule has 2 aromatic carbocycles. The number of nitrogens with zero attached hydrogens (tertiary/aromatic N) is 2. The number of rotatable bonds is 7. The van der Waals surface area contributed by atoms with Crippen molar-refractivity contribution < 1.29 is 9.47 Å². The first-order valence-corrected chi connectivity index (χ1v) is 8.05. The van der Waals surface area contributed by atoms with Crippen LogP contribution >= 0.6 is 12.2 Å². The van der Waals surface area contributed by atoms with Gasteiger partial charge in [0.2, 0.25) is 0 Å². The molecular formula is C18H18N4O2S. The molecule has 2 aromatic rings.